The van der Waals surface area contributed by atoms with Gasteiger partial charge in [-0.1, -0.05) is 33.1 Å². The quantitative estimate of drug-likeness (QED) is 0.774. The van der Waals surface area contributed by atoms with Crippen LogP contribution >= 0.6 is 0 Å². The topological polar surface area (TPSA) is 21.3 Å². The van der Waals surface area contributed by atoms with Crippen molar-refractivity contribution in [2.75, 3.05) is 7.05 Å². The lowest BCUT2D eigenvalue weighted by atomic mass is 9.80. The third-order valence-corrected chi connectivity index (χ3v) is 5.24. The second-order valence-electron chi connectivity index (χ2n) is 6.60. The first-order valence-corrected chi connectivity index (χ1v) is 8.03. The monoisotopic (exact) mass is 253 g/mol. The lowest BCUT2D eigenvalue weighted by molar-refractivity contribution is -0.0631. The van der Waals surface area contributed by atoms with E-state index in [1.54, 1.807) is 0 Å². The molecule has 2 fully saturated rings. The first-order valence-electron chi connectivity index (χ1n) is 8.03. The molecule has 5 atom stereocenters. The number of hydrogen-bond donors (Lipinski definition) is 1. The zero-order valence-electron chi connectivity index (χ0n) is 12.5. The van der Waals surface area contributed by atoms with Gasteiger partial charge >= 0.3 is 0 Å². The van der Waals surface area contributed by atoms with E-state index in [1.807, 2.05) is 0 Å². The highest BCUT2D eigenvalue weighted by atomic mass is 16.5. The van der Waals surface area contributed by atoms with Gasteiger partial charge in [0.2, 0.25) is 0 Å². The molecule has 2 aliphatic rings. The van der Waals surface area contributed by atoms with E-state index in [0.29, 0.717) is 18.2 Å². The Bertz CT molecular complexity index is 243. The second-order valence-corrected chi connectivity index (χ2v) is 6.60. The minimum Gasteiger partial charge on any atom is -0.373 e. The van der Waals surface area contributed by atoms with Crippen molar-refractivity contribution in [2.45, 2.75) is 83.5 Å². The maximum atomic E-state index is 6.47. The standard InChI is InChI=1S/C16H31NO/c1-12-9-10-14(11-13(12)2)18-16-8-6-4-5-7-15(16)17-3/h12-17H,4-11H2,1-3H3. The number of likely N-dealkylation sites (N-methyl/N-ethyl adjacent to an activating group) is 1. The molecule has 0 aliphatic heterocycles. The minimum atomic E-state index is 0.461. The lowest BCUT2D eigenvalue weighted by Gasteiger charge is -2.36. The van der Waals surface area contributed by atoms with Crippen LogP contribution in [0.1, 0.15) is 65.2 Å². The van der Waals surface area contributed by atoms with Crippen molar-refractivity contribution in [3.63, 3.8) is 0 Å². The molecule has 1 N–H and O–H groups in total. The summed E-state index contributed by atoms with van der Waals surface area (Å²) < 4.78 is 6.47. The third kappa shape index (κ3) is 3.71. The van der Waals surface area contributed by atoms with Crippen LogP contribution in [0.5, 0.6) is 0 Å². The molecule has 2 rings (SSSR count). The molecule has 0 amide bonds. The molecule has 0 bridgehead atoms. The molecule has 106 valence electrons. The fraction of sp³-hybridized carbons (Fsp3) is 1.00. The van der Waals surface area contributed by atoms with Crippen LogP contribution in [0.25, 0.3) is 0 Å². The predicted molar refractivity (Wildman–Crippen MR) is 76.8 cm³/mol. The first kappa shape index (κ1) is 14.3. The number of nitrogens with one attached hydrogen (secondary N) is 1. The molecule has 0 radical (unpaired) electrons. The highest BCUT2D eigenvalue weighted by molar-refractivity contribution is 4.82. The molecular formula is C16H31NO. The molecular weight excluding hydrogens is 222 g/mol. The molecule has 2 aliphatic carbocycles. The van der Waals surface area contributed by atoms with Crippen LogP contribution in [0.2, 0.25) is 0 Å². The Morgan fingerprint density at radius 2 is 1.67 bits per heavy atom. The van der Waals surface area contributed by atoms with E-state index < -0.39 is 0 Å². The normalized spacial score (nSPS) is 42.5. The fourth-order valence-electron chi connectivity index (χ4n) is 3.64. The summed E-state index contributed by atoms with van der Waals surface area (Å²) in [6.45, 7) is 4.78. The van der Waals surface area contributed by atoms with E-state index in [0.717, 1.165) is 11.8 Å². The largest absolute Gasteiger partial charge is 0.373 e. The molecule has 2 heteroatoms. The van der Waals surface area contributed by atoms with E-state index in [2.05, 4.69) is 26.2 Å². The van der Waals surface area contributed by atoms with E-state index in [1.165, 1.54) is 51.4 Å². The third-order valence-electron chi connectivity index (χ3n) is 5.24. The van der Waals surface area contributed by atoms with E-state index in [9.17, 15) is 0 Å². The lowest BCUT2D eigenvalue weighted by Crippen LogP contribution is -2.42. The van der Waals surface area contributed by atoms with Gasteiger partial charge in [-0.3, -0.25) is 0 Å². The van der Waals surface area contributed by atoms with Crippen LogP contribution in [0.15, 0.2) is 0 Å². The van der Waals surface area contributed by atoms with Gasteiger partial charge in [0.25, 0.3) is 0 Å². The number of rotatable bonds is 3. The highest BCUT2D eigenvalue weighted by Gasteiger charge is 2.30. The van der Waals surface area contributed by atoms with Crippen LogP contribution in [-0.4, -0.2) is 25.3 Å². The second kappa shape index (κ2) is 6.91. The Balaban J connectivity index is 1.86. The Morgan fingerprint density at radius 1 is 0.889 bits per heavy atom. The molecule has 18 heavy (non-hydrogen) atoms. The summed E-state index contributed by atoms with van der Waals surface area (Å²) in [6.07, 6.45) is 11.5. The van der Waals surface area contributed by atoms with Crippen LogP contribution in [0.4, 0.5) is 0 Å². The van der Waals surface area contributed by atoms with Crippen LogP contribution < -0.4 is 5.32 Å². The molecule has 2 nitrogen and oxygen atoms in total. The molecule has 0 aromatic rings. The highest BCUT2D eigenvalue weighted by Crippen LogP contribution is 2.33. The van der Waals surface area contributed by atoms with Crippen molar-refractivity contribution in [1.82, 2.24) is 5.32 Å². The maximum Gasteiger partial charge on any atom is 0.0731 e. The van der Waals surface area contributed by atoms with Crippen molar-refractivity contribution in [1.29, 1.82) is 0 Å². The first-order chi connectivity index (χ1) is 8.70. The van der Waals surface area contributed by atoms with Crippen molar-refractivity contribution >= 4 is 0 Å². The van der Waals surface area contributed by atoms with Crippen molar-refractivity contribution in [3.8, 4) is 0 Å². The minimum absolute atomic E-state index is 0.461. The van der Waals surface area contributed by atoms with E-state index >= 15 is 0 Å². The summed E-state index contributed by atoms with van der Waals surface area (Å²) in [5.74, 6) is 1.72. The molecule has 0 spiro atoms. The van der Waals surface area contributed by atoms with Crippen LogP contribution in [0.3, 0.4) is 0 Å². The number of ether oxygens (including phenoxy) is 1. The maximum absolute atomic E-state index is 6.47. The van der Waals surface area contributed by atoms with Gasteiger partial charge in [-0.05, 0) is 51.0 Å². The Labute approximate surface area is 113 Å². The summed E-state index contributed by atoms with van der Waals surface area (Å²) in [7, 11) is 2.10. The molecule has 0 saturated heterocycles. The van der Waals surface area contributed by atoms with Gasteiger partial charge in [-0.2, -0.15) is 0 Å². The summed E-state index contributed by atoms with van der Waals surface area (Å²) in [5.41, 5.74) is 0. The Hall–Kier alpha value is -0.0800. The molecule has 0 aromatic heterocycles. The zero-order valence-corrected chi connectivity index (χ0v) is 12.5. The predicted octanol–water partition coefficient (Wildman–Crippen LogP) is 3.75. The summed E-state index contributed by atoms with van der Waals surface area (Å²) in [6, 6.07) is 0.585. The van der Waals surface area contributed by atoms with Crippen molar-refractivity contribution in [2.24, 2.45) is 11.8 Å². The van der Waals surface area contributed by atoms with Crippen molar-refractivity contribution < 1.29 is 4.74 Å². The molecule has 2 saturated carbocycles. The summed E-state index contributed by atoms with van der Waals surface area (Å²) >= 11 is 0. The van der Waals surface area contributed by atoms with Gasteiger partial charge in [0.1, 0.15) is 0 Å². The van der Waals surface area contributed by atoms with Gasteiger partial charge in [-0.25, -0.2) is 0 Å². The molecule has 5 unspecified atom stereocenters. The van der Waals surface area contributed by atoms with E-state index in [-0.39, 0.29) is 0 Å². The smallest absolute Gasteiger partial charge is 0.0731 e. The molecule has 0 heterocycles. The molecule has 0 aromatic carbocycles. The SMILES string of the molecule is CNC1CCCCCC1OC1CCC(C)C(C)C1. The van der Waals surface area contributed by atoms with Crippen LogP contribution in [-0.2, 0) is 4.74 Å². The average molecular weight is 253 g/mol. The Kier molecular flexibility index (Phi) is 5.50. The van der Waals surface area contributed by atoms with Crippen LogP contribution in [0, 0.1) is 11.8 Å². The van der Waals surface area contributed by atoms with Gasteiger partial charge in [0.15, 0.2) is 0 Å². The van der Waals surface area contributed by atoms with Gasteiger partial charge in [0.05, 0.1) is 12.2 Å². The van der Waals surface area contributed by atoms with Gasteiger partial charge in [0, 0.05) is 6.04 Å². The average Bonchev–Trinajstić information content (AvgIpc) is 2.59. The van der Waals surface area contributed by atoms with E-state index in [4.69, 9.17) is 4.74 Å². The fourth-order valence-corrected chi connectivity index (χ4v) is 3.64. The summed E-state index contributed by atoms with van der Waals surface area (Å²) in [4.78, 5) is 0. The van der Waals surface area contributed by atoms with Gasteiger partial charge < -0.3 is 10.1 Å². The summed E-state index contributed by atoms with van der Waals surface area (Å²) in [5, 5.41) is 3.48. The van der Waals surface area contributed by atoms with Crippen molar-refractivity contribution in [3.05, 3.63) is 0 Å². The zero-order chi connectivity index (χ0) is 13.0. The Morgan fingerprint density at radius 3 is 2.39 bits per heavy atom. The van der Waals surface area contributed by atoms with Gasteiger partial charge in [-0.15, -0.1) is 0 Å². The number of hydrogen-bond acceptors (Lipinski definition) is 2.